The first-order valence-corrected chi connectivity index (χ1v) is 4.08. The standard InChI is InChI=1S/C10H12N4/c1-2-13-10(12)14-9(11)8-6-4-3-5-7-8/h2-7H,1H2,(H4,11,12,13,14). The van der Waals surface area contributed by atoms with Gasteiger partial charge in [0.25, 0.3) is 0 Å². The predicted molar refractivity (Wildman–Crippen MR) is 59.0 cm³/mol. The maximum absolute atomic E-state index is 5.68. The number of aliphatic imine (C=N–C) groups is 2. The summed E-state index contributed by atoms with van der Waals surface area (Å²) in [4.78, 5) is 7.57. The molecule has 4 heteroatoms. The SMILES string of the molecule is C=CN=C(N)N=C(N)c1ccccc1. The number of guanidine groups is 1. The van der Waals surface area contributed by atoms with Crippen LogP contribution in [0.3, 0.4) is 0 Å². The number of amidine groups is 1. The summed E-state index contributed by atoms with van der Waals surface area (Å²) < 4.78 is 0. The Morgan fingerprint density at radius 1 is 1.21 bits per heavy atom. The number of rotatable bonds is 2. The maximum atomic E-state index is 5.68. The number of hydrogen-bond acceptors (Lipinski definition) is 1. The monoisotopic (exact) mass is 188 g/mol. The summed E-state index contributed by atoms with van der Waals surface area (Å²) in [6, 6.07) is 9.34. The zero-order valence-corrected chi connectivity index (χ0v) is 7.72. The van der Waals surface area contributed by atoms with E-state index in [1.165, 1.54) is 6.20 Å². The smallest absolute Gasteiger partial charge is 0.221 e. The molecule has 0 amide bonds. The van der Waals surface area contributed by atoms with E-state index in [1.54, 1.807) is 0 Å². The average molecular weight is 188 g/mol. The second kappa shape index (κ2) is 4.81. The summed E-state index contributed by atoms with van der Waals surface area (Å²) >= 11 is 0. The number of benzene rings is 1. The van der Waals surface area contributed by atoms with Crippen molar-refractivity contribution in [1.29, 1.82) is 0 Å². The highest BCUT2D eigenvalue weighted by molar-refractivity contribution is 6.04. The Kier molecular flexibility index (Phi) is 3.43. The van der Waals surface area contributed by atoms with E-state index < -0.39 is 0 Å². The Hall–Kier alpha value is -2.10. The Bertz CT molecular complexity index is 365. The van der Waals surface area contributed by atoms with Gasteiger partial charge in [-0.05, 0) is 0 Å². The van der Waals surface area contributed by atoms with Crippen molar-refractivity contribution in [3.63, 3.8) is 0 Å². The van der Waals surface area contributed by atoms with Crippen LogP contribution in [0.25, 0.3) is 0 Å². The molecule has 72 valence electrons. The lowest BCUT2D eigenvalue weighted by molar-refractivity contribution is 1.41. The van der Waals surface area contributed by atoms with Crippen LogP contribution >= 0.6 is 0 Å². The second-order valence-electron chi connectivity index (χ2n) is 2.53. The van der Waals surface area contributed by atoms with Gasteiger partial charge in [0.2, 0.25) is 5.96 Å². The molecular formula is C10H12N4. The van der Waals surface area contributed by atoms with Crippen LogP contribution < -0.4 is 11.5 Å². The van der Waals surface area contributed by atoms with Crippen molar-refractivity contribution in [2.24, 2.45) is 21.5 Å². The predicted octanol–water partition coefficient (Wildman–Crippen LogP) is 0.850. The summed E-state index contributed by atoms with van der Waals surface area (Å²) in [6.07, 6.45) is 1.32. The van der Waals surface area contributed by atoms with Crippen molar-refractivity contribution in [2.45, 2.75) is 0 Å². The third-order valence-corrected chi connectivity index (χ3v) is 1.53. The lowest BCUT2D eigenvalue weighted by Crippen LogP contribution is -2.19. The van der Waals surface area contributed by atoms with E-state index >= 15 is 0 Å². The molecule has 0 aliphatic heterocycles. The number of hydrogen-bond donors (Lipinski definition) is 2. The molecule has 0 aromatic heterocycles. The Balaban J connectivity index is 2.90. The van der Waals surface area contributed by atoms with Gasteiger partial charge in [-0.3, -0.25) is 0 Å². The van der Waals surface area contributed by atoms with Crippen molar-refractivity contribution in [1.82, 2.24) is 0 Å². The molecule has 4 N–H and O–H groups in total. The van der Waals surface area contributed by atoms with E-state index in [-0.39, 0.29) is 5.96 Å². The Morgan fingerprint density at radius 2 is 1.86 bits per heavy atom. The maximum Gasteiger partial charge on any atom is 0.221 e. The van der Waals surface area contributed by atoms with E-state index in [0.717, 1.165) is 5.56 Å². The van der Waals surface area contributed by atoms with E-state index in [1.807, 2.05) is 30.3 Å². The molecule has 0 unspecified atom stereocenters. The normalized spacial score (nSPS) is 12.6. The van der Waals surface area contributed by atoms with Gasteiger partial charge in [-0.15, -0.1) is 0 Å². The van der Waals surface area contributed by atoms with Gasteiger partial charge in [-0.2, -0.15) is 4.99 Å². The average Bonchev–Trinajstić information content (AvgIpc) is 2.19. The van der Waals surface area contributed by atoms with Crippen molar-refractivity contribution in [2.75, 3.05) is 0 Å². The molecule has 0 heterocycles. The molecule has 0 aliphatic carbocycles. The van der Waals surface area contributed by atoms with Crippen LogP contribution in [0.4, 0.5) is 0 Å². The zero-order chi connectivity index (χ0) is 10.4. The summed E-state index contributed by atoms with van der Waals surface area (Å²) in [5.74, 6) is 0.440. The van der Waals surface area contributed by atoms with E-state index in [2.05, 4.69) is 16.6 Å². The van der Waals surface area contributed by atoms with Gasteiger partial charge in [-0.1, -0.05) is 36.9 Å². The minimum Gasteiger partial charge on any atom is -0.383 e. The third kappa shape index (κ3) is 2.75. The summed E-state index contributed by atoms with van der Waals surface area (Å²) in [7, 11) is 0. The van der Waals surface area contributed by atoms with Crippen LogP contribution in [-0.2, 0) is 0 Å². The van der Waals surface area contributed by atoms with Gasteiger partial charge in [0.05, 0.1) is 0 Å². The quantitative estimate of drug-likeness (QED) is 0.533. The first-order chi connectivity index (χ1) is 6.74. The van der Waals surface area contributed by atoms with Gasteiger partial charge in [0, 0.05) is 11.8 Å². The molecule has 0 spiro atoms. The lowest BCUT2D eigenvalue weighted by Gasteiger charge is -1.98. The molecule has 0 saturated heterocycles. The fraction of sp³-hybridized carbons (Fsp3) is 0. The minimum absolute atomic E-state index is 0.0985. The van der Waals surface area contributed by atoms with Gasteiger partial charge in [0.15, 0.2) is 0 Å². The van der Waals surface area contributed by atoms with Crippen LogP contribution in [-0.4, -0.2) is 11.8 Å². The molecule has 0 fully saturated rings. The molecule has 4 nitrogen and oxygen atoms in total. The summed E-state index contributed by atoms with van der Waals surface area (Å²) in [5, 5.41) is 0. The molecule has 14 heavy (non-hydrogen) atoms. The molecule has 0 radical (unpaired) electrons. The molecule has 0 atom stereocenters. The van der Waals surface area contributed by atoms with Crippen LogP contribution in [0.2, 0.25) is 0 Å². The van der Waals surface area contributed by atoms with Gasteiger partial charge < -0.3 is 11.5 Å². The molecule has 0 aliphatic rings. The fourth-order valence-corrected chi connectivity index (χ4v) is 0.919. The van der Waals surface area contributed by atoms with Crippen molar-refractivity contribution in [3.8, 4) is 0 Å². The van der Waals surface area contributed by atoms with E-state index in [0.29, 0.717) is 5.84 Å². The Morgan fingerprint density at radius 3 is 2.43 bits per heavy atom. The lowest BCUT2D eigenvalue weighted by atomic mass is 10.2. The van der Waals surface area contributed by atoms with E-state index in [9.17, 15) is 0 Å². The van der Waals surface area contributed by atoms with Gasteiger partial charge in [-0.25, -0.2) is 4.99 Å². The summed E-state index contributed by atoms with van der Waals surface area (Å²) in [5.41, 5.74) is 11.9. The highest BCUT2D eigenvalue weighted by Gasteiger charge is 1.96. The highest BCUT2D eigenvalue weighted by Crippen LogP contribution is 1.97. The van der Waals surface area contributed by atoms with Crippen molar-refractivity contribution >= 4 is 11.8 Å². The topological polar surface area (TPSA) is 76.8 Å². The molecule has 1 aromatic rings. The largest absolute Gasteiger partial charge is 0.383 e. The van der Waals surface area contributed by atoms with E-state index in [4.69, 9.17) is 11.5 Å². The second-order valence-corrected chi connectivity index (χ2v) is 2.53. The van der Waals surface area contributed by atoms with Gasteiger partial charge >= 0.3 is 0 Å². The highest BCUT2D eigenvalue weighted by atomic mass is 15.1. The first-order valence-electron chi connectivity index (χ1n) is 4.08. The van der Waals surface area contributed by atoms with Crippen LogP contribution in [0.1, 0.15) is 5.56 Å². The molecule has 1 rings (SSSR count). The Labute approximate surface area is 82.7 Å². The van der Waals surface area contributed by atoms with Crippen molar-refractivity contribution in [3.05, 3.63) is 48.7 Å². The first kappa shape index (κ1) is 9.98. The number of nitrogens with zero attached hydrogens (tertiary/aromatic N) is 2. The van der Waals surface area contributed by atoms with Crippen LogP contribution in [0.5, 0.6) is 0 Å². The summed E-state index contributed by atoms with van der Waals surface area (Å²) in [6.45, 7) is 3.40. The third-order valence-electron chi connectivity index (χ3n) is 1.53. The molecule has 0 bridgehead atoms. The fourth-order valence-electron chi connectivity index (χ4n) is 0.919. The van der Waals surface area contributed by atoms with Crippen LogP contribution in [0, 0.1) is 0 Å². The van der Waals surface area contributed by atoms with Crippen molar-refractivity contribution < 1.29 is 0 Å². The molecule has 0 saturated carbocycles. The molecular weight excluding hydrogens is 176 g/mol. The zero-order valence-electron chi connectivity index (χ0n) is 7.72. The minimum atomic E-state index is 0.0985. The van der Waals surface area contributed by atoms with Gasteiger partial charge in [0.1, 0.15) is 5.84 Å². The number of nitrogens with two attached hydrogens (primary N) is 2. The van der Waals surface area contributed by atoms with Crippen LogP contribution in [0.15, 0.2) is 53.1 Å². The molecule has 1 aromatic carbocycles.